The number of ketones is 1. The van der Waals surface area contributed by atoms with Crippen LogP contribution >= 0.6 is 11.8 Å². The molecule has 7 heteroatoms. The van der Waals surface area contributed by atoms with Gasteiger partial charge >= 0.3 is 35.5 Å². The van der Waals surface area contributed by atoms with E-state index in [4.69, 9.17) is 5.11 Å². The third-order valence-corrected chi connectivity index (χ3v) is 5.18. The molecule has 5 nitrogen and oxygen atoms in total. The van der Waals surface area contributed by atoms with Crippen LogP contribution in [0.3, 0.4) is 0 Å². The second kappa shape index (κ2) is 12.1. The van der Waals surface area contributed by atoms with E-state index < -0.39 is 5.97 Å². The van der Waals surface area contributed by atoms with E-state index in [1.165, 1.54) is 17.8 Å². The molecule has 0 aliphatic carbocycles. The van der Waals surface area contributed by atoms with Crippen LogP contribution in [0, 0.1) is 6.92 Å². The normalized spacial score (nSPS) is 11.2. The molecule has 0 aliphatic heterocycles. The van der Waals surface area contributed by atoms with E-state index in [9.17, 15) is 14.4 Å². The average molecular weight is 409 g/mol. The van der Waals surface area contributed by atoms with Crippen molar-refractivity contribution in [2.24, 2.45) is 0 Å². The molecule has 0 aliphatic rings. The Labute approximate surface area is 191 Å². The molecule has 2 rings (SSSR count). The van der Waals surface area contributed by atoms with Crippen LogP contribution in [0.25, 0.3) is 0 Å². The number of amides is 1. The van der Waals surface area contributed by atoms with E-state index in [2.05, 4.69) is 5.32 Å². The molecule has 0 spiro atoms. The Bertz CT molecular complexity index is 826. The molecule has 1 unspecified atom stereocenters. The van der Waals surface area contributed by atoms with Gasteiger partial charge in [-0.15, -0.1) is 0 Å². The van der Waals surface area contributed by atoms with Gasteiger partial charge in [-0.2, -0.15) is 11.8 Å². The molecule has 2 aromatic rings. The number of aryl methyl sites for hydroxylation is 1. The third-order valence-electron chi connectivity index (χ3n) is 3.94. The molecule has 0 radical (unpaired) electrons. The minimum absolute atomic E-state index is 0. The van der Waals surface area contributed by atoms with Crippen molar-refractivity contribution in [3.8, 4) is 0 Å². The van der Waals surface area contributed by atoms with E-state index in [0.29, 0.717) is 17.2 Å². The number of carbonyl (C=O) groups is 3. The third kappa shape index (κ3) is 8.19. The van der Waals surface area contributed by atoms with Gasteiger partial charge in [-0.25, -0.2) is 4.79 Å². The molecule has 144 valence electrons. The molecule has 0 bridgehead atoms. The van der Waals surface area contributed by atoms with Gasteiger partial charge in [0.1, 0.15) is 5.78 Å². The fraction of sp³-hybridized carbons (Fsp3) is 0.286. The fourth-order valence-electron chi connectivity index (χ4n) is 2.76. The van der Waals surface area contributed by atoms with Crippen LogP contribution in [0.2, 0.25) is 0 Å². The van der Waals surface area contributed by atoms with Crippen LogP contribution in [-0.4, -0.2) is 63.8 Å². The monoisotopic (exact) mass is 409 g/mol. The second-order valence-corrected chi connectivity index (χ2v) is 7.50. The van der Waals surface area contributed by atoms with Crippen LogP contribution in [-0.2, 0) is 9.59 Å². The Morgan fingerprint density at radius 2 is 1.79 bits per heavy atom. The molecule has 0 saturated heterocycles. The zero-order valence-corrected chi connectivity index (χ0v) is 16.2. The number of nitrogens with one attached hydrogen (secondary N) is 1. The summed E-state index contributed by atoms with van der Waals surface area (Å²) < 4.78 is 0. The Hall–Kier alpha value is -1.60. The van der Waals surface area contributed by atoms with Crippen LogP contribution in [0.15, 0.2) is 48.5 Å². The number of benzene rings is 2. The zero-order valence-electron chi connectivity index (χ0n) is 15.4. The number of hydrogen-bond acceptors (Lipinski definition) is 4. The number of thioether (sulfide) groups is 1. The summed E-state index contributed by atoms with van der Waals surface area (Å²) in [4.78, 5) is 34.9. The van der Waals surface area contributed by atoms with Crippen molar-refractivity contribution in [1.29, 1.82) is 0 Å². The summed E-state index contributed by atoms with van der Waals surface area (Å²) >= 11 is 1.51. The van der Waals surface area contributed by atoms with Gasteiger partial charge in [0, 0.05) is 23.8 Å². The summed E-state index contributed by atoms with van der Waals surface area (Å²) in [6.45, 7) is 3.34. The molecular formula is C21H24NNaO4S. The van der Waals surface area contributed by atoms with Gasteiger partial charge in [0.25, 0.3) is 0 Å². The second-order valence-electron chi connectivity index (χ2n) is 6.47. The minimum atomic E-state index is -1.03. The molecule has 0 fully saturated rings. The number of carbonyl (C=O) groups excluding carboxylic acids is 2. The number of anilines is 1. The van der Waals surface area contributed by atoms with Crippen molar-refractivity contribution < 1.29 is 19.5 Å². The first-order chi connectivity index (χ1) is 12.8. The molecule has 0 aromatic heterocycles. The van der Waals surface area contributed by atoms with Gasteiger partial charge in [-0.1, -0.05) is 30.3 Å². The number of aromatic carboxylic acids is 1. The van der Waals surface area contributed by atoms with Crippen molar-refractivity contribution in [1.82, 2.24) is 0 Å². The summed E-state index contributed by atoms with van der Waals surface area (Å²) in [5.41, 5.74) is 2.42. The molecule has 28 heavy (non-hydrogen) atoms. The van der Waals surface area contributed by atoms with Gasteiger partial charge in [0.15, 0.2) is 0 Å². The van der Waals surface area contributed by atoms with Crippen molar-refractivity contribution in [2.75, 3.05) is 16.8 Å². The summed E-state index contributed by atoms with van der Waals surface area (Å²) in [5.74, 6) is -0.0570. The Balaban J connectivity index is 0.00000392. The molecule has 0 saturated carbocycles. The van der Waals surface area contributed by atoms with Crippen molar-refractivity contribution in [3.63, 3.8) is 0 Å². The van der Waals surface area contributed by atoms with Crippen LogP contribution in [0.5, 0.6) is 0 Å². The topological polar surface area (TPSA) is 83.5 Å². The maximum absolute atomic E-state index is 12.6. The SMILES string of the molecule is CC(=O)CSCC(CC(=O)Nc1cc(C)cc(C(=O)O)c1)c1ccccc1.[NaH]. The summed E-state index contributed by atoms with van der Waals surface area (Å²) in [6.07, 6.45) is 0.255. The van der Waals surface area contributed by atoms with Gasteiger partial charge in [-0.3, -0.25) is 9.59 Å². The molecular weight excluding hydrogens is 385 g/mol. The van der Waals surface area contributed by atoms with Gasteiger partial charge in [0.2, 0.25) is 5.91 Å². The Morgan fingerprint density at radius 1 is 1.11 bits per heavy atom. The van der Waals surface area contributed by atoms with Gasteiger partial charge in [-0.05, 0) is 43.2 Å². The molecule has 1 amide bonds. The van der Waals surface area contributed by atoms with E-state index in [1.807, 2.05) is 30.3 Å². The van der Waals surface area contributed by atoms with Crippen LogP contribution in [0.1, 0.15) is 40.7 Å². The molecule has 2 aromatic carbocycles. The molecule has 1 atom stereocenters. The number of carboxylic acids is 1. The first-order valence-electron chi connectivity index (χ1n) is 8.62. The quantitative estimate of drug-likeness (QED) is 0.620. The number of hydrogen-bond donors (Lipinski definition) is 2. The predicted octanol–water partition coefficient (Wildman–Crippen LogP) is 3.48. The first-order valence-corrected chi connectivity index (χ1v) is 9.77. The summed E-state index contributed by atoms with van der Waals surface area (Å²) in [6, 6.07) is 14.5. The van der Waals surface area contributed by atoms with E-state index >= 15 is 0 Å². The maximum atomic E-state index is 12.6. The van der Waals surface area contributed by atoms with Crippen molar-refractivity contribution in [2.45, 2.75) is 26.2 Å². The first kappa shape index (κ1) is 24.4. The van der Waals surface area contributed by atoms with Gasteiger partial charge in [0.05, 0.1) is 11.3 Å². The molecule has 2 N–H and O–H groups in total. The van der Waals surface area contributed by atoms with Crippen molar-refractivity contribution >= 4 is 64.7 Å². The van der Waals surface area contributed by atoms with E-state index in [1.54, 1.807) is 26.0 Å². The molecule has 0 heterocycles. The standard InChI is InChI=1S/C21H23NO4S.Na.H/c1-14-8-17(21(25)26)10-19(9-14)22-20(24)11-18(13-27-12-15(2)23)16-6-4-3-5-7-16;;/h3-10,18H,11-13H2,1-2H3,(H,22,24)(H,25,26);;. The Morgan fingerprint density at radius 3 is 2.39 bits per heavy atom. The van der Waals surface area contributed by atoms with E-state index in [-0.39, 0.29) is 59.1 Å². The van der Waals surface area contributed by atoms with Crippen LogP contribution < -0.4 is 5.32 Å². The zero-order chi connectivity index (χ0) is 19.8. The van der Waals surface area contributed by atoms with Crippen molar-refractivity contribution in [3.05, 3.63) is 65.2 Å². The number of carboxylic acid groups (broad SMARTS) is 1. The predicted molar refractivity (Wildman–Crippen MR) is 116 cm³/mol. The number of rotatable bonds is 9. The van der Waals surface area contributed by atoms with Crippen LogP contribution in [0.4, 0.5) is 5.69 Å². The van der Waals surface area contributed by atoms with E-state index in [0.717, 1.165) is 11.1 Å². The summed E-state index contributed by atoms with van der Waals surface area (Å²) in [5, 5.41) is 12.0. The summed E-state index contributed by atoms with van der Waals surface area (Å²) in [7, 11) is 0. The van der Waals surface area contributed by atoms with Gasteiger partial charge < -0.3 is 10.4 Å². The number of Topliss-reactive ketones (excluding diaryl/α,β-unsaturated/α-hetero) is 1. The Kier molecular flexibility index (Phi) is 10.5. The fourth-order valence-corrected chi connectivity index (χ4v) is 3.76. The average Bonchev–Trinajstić information content (AvgIpc) is 2.60.